The van der Waals surface area contributed by atoms with Crippen molar-refractivity contribution in [1.82, 2.24) is 0 Å². The van der Waals surface area contributed by atoms with E-state index < -0.39 is 5.97 Å². The first kappa shape index (κ1) is 17.6. The van der Waals surface area contributed by atoms with Crippen molar-refractivity contribution in [1.29, 1.82) is 0 Å². The maximum absolute atomic E-state index is 11.6. The van der Waals surface area contributed by atoms with Gasteiger partial charge < -0.3 is 9.84 Å². The number of thiophene rings is 1. The fourth-order valence-corrected chi connectivity index (χ4v) is 3.20. The molecule has 0 saturated heterocycles. The molecule has 0 atom stereocenters. The van der Waals surface area contributed by atoms with Crippen molar-refractivity contribution in [2.45, 2.75) is 0 Å². The van der Waals surface area contributed by atoms with E-state index in [2.05, 4.69) is 0 Å². The molecule has 26 heavy (non-hydrogen) atoms. The highest BCUT2D eigenvalue weighted by Crippen LogP contribution is 2.28. The van der Waals surface area contributed by atoms with E-state index in [1.807, 2.05) is 35.7 Å². The van der Waals surface area contributed by atoms with Gasteiger partial charge in [0, 0.05) is 4.88 Å². The van der Waals surface area contributed by atoms with E-state index in [4.69, 9.17) is 9.84 Å². The largest absolute Gasteiger partial charge is 0.478 e. The van der Waals surface area contributed by atoms with Gasteiger partial charge >= 0.3 is 11.9 Å². The Morgan fingerprint density at radius 1 is 0.885 bits per heavy atom. The molecule has 3 rings (SSSR count). The number of methoxy groups -OCH3 is 1. The van der Waals surface area contributed by atoms with Gasteiger partial charge in [-0.15, -0.1) is 11.3 Å². The molecule has 0 bridgehead atoms. The number of ether oxygens (including phenoxy) is 1. The summed E-state index contributed by atoms with van der Waals surface area (Å²) in [5.41, 5.74) is 3.49. The molecule has 0 unspecified atom stereocenters. The van der Waals surface area contributed by atoms with Gasteiger partial charge in [0.15, 0.2) is 0 Å². The normalized spacial score (nSPS) is 11.2. The van der Waals surface area contributed by atoms with Crippen molar-refractivity contribution >= 4 is 34.9 Å². The summed E-state index contributed by atoms with van der Waals surface area (Å²) in [7, 11) is 1.35. The second kappa shape index (κ2) is 7.80. The lowest BCUT2D eigenvalue weighted by Gasteiger charge is -2.10. The summed E-state index contributed by atoms with van der Waals surface area (Å²) in [6, 6.07) is 17.9. The predicted molar refractivity (Wildman–Crippen MR) is 102 cm³/mol. The van der Waals surface area contributed by atoms with Crippen LogP contribution in [0.5, 0.6) is 0 Å². The molecule has 0 radical (unpaired) electrons. The van der Waals surface area contributed by atoms with Crippen molar-refractivity contribution < 1.29 is 19.4 Å². The zero-order valence-corrected chi connectivity index (χ0v) is 14.8. The van der Waals surface area contributed by atoms with Crippen LogP contribution in [0.15, 0.2) is 66.0 Å². The maximum Gasteiger partial charge on any atom is 0.337 e. The summed E-state index contributed by atoms with van der Waals surface area (Å²) in [6.07, 6.45) is 2.05. The van der Waals surface area contributed by atoms with Crippen LogP contribution in [0.3, 0.4) is 0 Å². The van der Waals surface area contributed by atoms with Crippen LogP contribution >= 0.6 is 11.3 Å². The van der Waals surface area contributed by atoms with Crippen LogP contribution in [0.4, 0.5) is 0 Å². The lowest BCUT2D eigenvalue weighted by atomic mass is 9.95. The van der Waals surface area contributed by atoms with Gasteiger partial charge in [0.2, 0.25) is 0 Å². The van der Waals surface area contributed by atoms with Gasteiger partial charge in [0.25, 0.3) is 0 Å². The Balaban J connectivity index is 2.04. The highest BCUT2D eigenvalue weighted by atomic mass is 32.1. The average Bonchev–Trinajstić information content (AvgIpc) is 3.19. The summed E-state index contributed by atoms with van der Waals surface area (Å²) in [4.78, 5) is 23.8. The third kappa shape index (κ3) is 3.90. The maximum atomic E-state index is 11.6. The van der Waals surface area contributed by atoms with E-state index in [0.717, 1.165) is 21.6 Å². The number of hydrogen-bond acceptors (Lipinski definition) is 4. The third-order valence-corrected chi connectivity index (χ3v) is 4.71. The van der Waals surface area contributed by atoms with Crippen LogP contribution in [0.2, 0.25) is 0 Å². The lowest BCUT2D eigenvalue weighted by molar-refractivity contribution is 0.0599. The van der Waals surface area contributed by atoms with Crippen molar-refractivity contribution in [3.63, 3.8) is 0 Å². The lowest BCUT2D eigenvalue weighted by Crippen LogP contribution is -2.01. The van der Waals surface area contributed by atoms with E-state index in [1.54, 1.807) is 47.7 Å². The summed E-state index contributed by atoms with van der Waals surface area (Å²) in [5.74, 6) is -1.34. The molecule has 4 nitrogen and oxygen atoms in total. The Hall–Kier alpha value is -3.18. The number of esters is 1. The summed E-state index contributed by atoms with van der Waals surface area (Å²) in [5, 5.41) is 11.1. The van der Waals surface area contributed by atoms with Crippen molar-refractivity contribution in [2.24, 2.45) is 0 Å². The van der Waals surface area contributed by atoms with Gasteiger partial charge in [-0.2, -0.15) is 0 Å². The molecule has 0 fully saturated rings. The van der Waals surface area contributed by atoms with Gasteiger partial charge in [0.1, 0.15) is 0 Å². The van der Waals surface area contributed by atoms with Gasteiger partial charge in [-0.3, -0.25) is 0 Å². The number of carbonyl (C=O) groups is 2. The number of hydrogen-bond donors (Lipinski definition) is 1. The summed E-state index contributed by atoms with van der Waals surface area (Å²) in [6.45, 7) is 0. The molecule has 0 saturated carbocycles. The van der Waals surface area contributed by atoms with E-state index in [9.17, 15) is 9.59 Å². The molecular weight excluding hydrogens is 348 g/mol. The second-order valence-electron chi connectivity index (χ2n) is 5.52. The predicted octanol–water partition coefficient (Wildman–Crippen LogP) is 4.82. The molecule has 1 aromatic heterocycles. The van der Waals surface area contributed by atoms with E-state index in [-0.39, 0.29) is 11.5 Å². The van der Waals surface area contributed by atoms with Crippen molar-refractivity contribution in [3.8, 4) is 0 Å². The van der Waals surface area contributed by atoms with E-state index in [1.165, 1.54) is 7.11 Å². The Labute approximate surface area is 155 Å². The molecule has 0 aliphatic rings. The minimum atomic E-state index is -0.956. The van der Waals surface area contributed by atoms with Crippen LogP contribution in [0.25, 0.3) is 11.6 Å². The second-order valence-corrected chi connectivity index (χ2v) is 6.50. The number of rotatable bonds is 5. The molecule has 3 aromatic rings. The zero-order chi connectivity index (χ0) is 18.5. The Morgan fingerprint density at radius 2 is 1.42 bits per heavy atom. The minimum Gasteiger partial charge on any atom is -0.478 e. The Morgan fingerprint density at radius 3 is 1.88 bits per heavy atom. The zero-order valence-electron chi connectivity index (χ0n) is 14.0. The molecule has 130 valence electrons. The highest BCUT2D eigenvalue weighted by Gasteiger charge is 2.10. The summed E-state index contributed by atoms with van der Waals surface area (Å²) >= 11 is 1.62. The molecule has 0 aliphatic carbocycles. The number of carboxylic acid groups (broad SMARTS) is 1. The Bertz CT molecular complexity index is 937. The highest BCUT2D eigenvalue weighted by molar-refractivity contribution is 7.10. The van der Waals surface area contributed by atoms with Crippen molar-refractivity contribution in [3.05, 3.63) is 93.2 Å². The van der Waals surface area contributed by atoms with Crippen LogP contribution in [0, 0.1) is 0 Å². The molecule has 0 spiro atoms. The molecule has 0 aliphatic heterocycles. The first-order valence-corrected chi connectivity index (χ1v) is 8.74. The van der Waals surface area contributed by atoms with Gasteiger partial charge in [-0.05, 0) is 58.5 Å². The van der Waals surface area contributed by atoms with E-state index in [0.29, 0.717) is 5.56 Å². The molecule has 5 heteroatoms. The quantitative estimate of drug-likeness (QED) is 0.659. The minimum absolute atomic E-state index is 0.241. The molecule has 1 heterocycles. The van der Waals surface area contributed by atoms with Crippen LogP contribution < -0.4 is 0 Å². The molecule has 1 N–H and O–H groups in total. The fourth-order valence-electron chi connectivity index (χ4n) is 2.55. The first-order chi connectivity index (χ1) is 12.6. The smallest absolute Gasteiger partial charge is 0.337 e. The van der Waals surface area contributed by atoms with Gasteiger partial charge in [-0.25, -0.2) is 9.59 Å². The fraction of sp³-hybridized carbons (Fsp3) is 0.0476. The standard InChI is InChI=1S/C21H16O4S/c1-25-21(24)17-10-6-15(7-11-17)19(13-18-3-2-12-26-18)14-4-8-16(9-5-14)20(22)23/h2-13H,1H3,(H,22,23). The van der Waals surface area contributed by atoms with E-state index >= 15 is 0 Å². The molecule has 0 amide bonds. The monoisotopic (exact) mass is 364 g/mol. The molecule has 2 aromatic carbocycles. The van der Waals surface area contributed by atoms with Gasteiger partial charge in [0.05, 0.1) is 18.2 Å². The molecular formula is C21H16O4S. The van der Waals surface area contributed by atoms with Crippen molar-refractivity contribution in [2.75, 3.05) is 7.11 Å². The third-order valence-electron chi connectivity index (χ3n) is 3.89. The van der Waals surface area contributed by atoms with Crippen LogP contribution in [0.1, 0.15) is 36.7 Å². The van der Waals surface area contributed by atoms with Crippen LogP contribution in [-0.2, 0) is 4.74 Å². The number of benzene rings is 2. The first-order valence-electron chi connectivity index (χ1n) is 7.86. The van der Waals surface area contributed by atoms with Gasteiger partial charge in [-0.1, -0.05) is 30.3 Å². The SMILES string of the molecule is COC(=O)c1ccc(C(=Cc2cccs2)c2ccc(C(=O)O)cc2)cc1. The average molecular weight is 364 g/mol. The summed E-state index contributed by atoms with van der Waals surface area (Å²) < 4.78 is 4.73. The number of carboxylic acids is 1. The van der Waals surface area contributed by atoms with Crippen LogP contribution in [-0.4, -0.2) is 24.2 Å². The number of carbonyl (C=O) groups excluding carboxylic acids is 1. The number of aromatic carboxylic acids is 1. The topological polar surface area (TPSA) is 63.6 Å². The Kier molecular flexibility index (Phi) is 5.29.